The Morgan fingerprint density at radius 2 is 2.31 bits per heavy atom. The zero-order valence-corrected chi connectivity index (χ0v) is 9.91. The largest absolute Gasteiger partial charge is 0.396 e. The SMILES string of the molecule is CCN(CCCO)c1cc(C#N)cc(Cl)n1. The van der Waals surface area contributed by atoms with Crippen LogP contribution < -0.4 is 4.90 Å². The number of aliphatic hydroxyl groups excluding tert-OH is 1. The molecule has 0 spiro atoms. The molecule has 1 heterocycles. The molecule has 0 atom stereocenters. The first kappa shape index (κ1) is 12.8. The number of anilines is 1. The number of hydrogen-bond acceptors (Lipinski definition) is 4. The molecule has 0 bridgehead atoms. The average molecular weight is 240 g/mol. The van der Waals surface area contributed by atoms with Gasteiger partial charge in [-0.2, -0.15) is 5.26 Å². The second-order valence-electron chi connectivity index (χ2n) is 3.31. The molecule has 0 fully saturated rings. The summed E-state index contributed by atoms with van der Waals surface area (Å²) in [4.78, 5) is 6.14. The predicted octanol–water partition coefficient (Wildman–Crippen LogP) is 1.82. The van der Waals surface area contributed by atoms with Gasteiger partial charge in [0, 0.05) is 19.7 Å². The highest BCUT2D eigenvalue weighted by Crippen LogP contribution is 2.17. The molecule has 5 heteroatoms. The maximum atomic E-state index is 8.82. The summed E-state index contributed by atoms with van der Waals surface area (Å²) in [6.07, 6.45) is 0.671. The van der Waals surface area contributed by atoms with E-state index < -0.39 is 0 Å². The molecule has 1 aromatic rings. The summed E-state index contributed by atoms with van der Waals surface area (Å²) in [7, 11) is 0. The molecule has 1 aromatic heterocycles. The van der Waals surface area contributed by atoms with Gasteiger partial charge in [-0.1, -0.05) is 11.6 Å². The fourth-order valence-electron chi connectivity index (χ4n) is 1.41. The number of hydrogen-bond donors (Lipinski definition) is 1. The minimum atomic E-state index is 0.141. The Labute approximate surface area is 100 Å². The van der Waals surface area contributed by atoms with Crippen LogP contribution in [-0.2, 0) is 0 Å². The molecular weight excluding hydrogens is 226 g/mol. The number of aliphatic hydroxyl groups is 1. The minimum absolute atomic E-state index is 0.141. The van der Waals surface area contributed by atoms with Crippen LogP contribution in [0, 0.1) is 11.3 Å². The second-order valence-corrected chi connectivity index (χ2v) is 3.69. The Hall–Kier alpha value is -1.31. The van der Waals surface area contributed by atoms with Crippen molar-refractivity contribution < 1.29 is 5.11 Å². The molecule has 0 aliphatic rings. The van der Waals surface area contributed by atoms with Crippen molar-refractivity contribution in [3.05, 3.63) is 22.8 Å². The van der Waals surface area contributed by atoms with Crippen LogP contribution in [0.15, 0.2) is 12.1 Å². The Bertz CT molecular complexity index is 389. The number of rotatable bonds is 5. The fourth-order valence-corrected chi connectivity index (χ4v) is 1.61. The van der Waals surface area contributed by atoms with Crippen LogP contribution in [-0.4, -0.2) is 29.8 Å². The first-order chi connectivity index (χ1) is 7.71. The third-order valence-electron chi connectivity index (χ3n) is 2.20. The molecule has 86 valence electrons. The number of nitrogens with zero attached hydrogens (tertiary/aromatic N) is 3. The van der Waals surface area contributed by atoms with Crippen molar-refractivity contribution in [2.45, 2.75) is 13.3 Å². The third-order valence-corrected chi connectivity index (χ3v) is 2.40. The highest BCUT2D eigenvalue weighted by atomic mass is 35.5. The quantitative estimate of drug-likeness (QED) is 0.797. The second kappa shape index (κ2) is 6.31. The van der Waals surface area contributed by atoms with Crippen molar-refractivity contribution in [3.63, 3.8) is 0 Å². The maximum absolute atomic E-state index is 8.82. The normalized spacial score (nSPS) is 9.88. The molecule has 0 saturated heterocycles. The summed E-state index contributed by atoms with van der Waals surface area (Å²) in [5.41, 5.74) is 0.498. The van der Waals surface area contributed by atoms with E-state index in [1.807, 2.05) is 17.9 Å². The lowest BCUT2D eigenvalue weighted by molar-refractivity contribution is 0.289. The van der Waals surface area contributed by atoms with Gasteiger partial charge in [-0.05, 0) is 25.5 Å². The lowest BCUT2D eigenvalue weighted by Crippen LogP contribution is -2.25. The lowest BCUT2D eigenvalue weighted by atomic mass is 10.2. The molecular formula is C11H14ClN3O. The van der Waals surface area contributed by atoms with E-state index in [1.54, 1.807) is 6.07 Å². The molecule has 1 N–H and O–H groups in total. The van der Waals surface area contributed by atoms with Crippen LogP contribution in [0.5, 0.6) is 0 Å². The van der Waals surface area contributed by atoms with Gasteiger partial charge in [0.1, 0.15) is 11.0 Å². The van der Waals surface area contributed by atoms with E-state index in [2.05, 4.69) is 4.98 Å². The van der Waals surface area contributed by atoms with E-state index in [1.165, 1.54) is 6.07 Å². The van der Waals surface area contributed by atoms with Crippen molar-refractivity contribution in [2.75, 3.05) is 24.6 Å². The van der Waals surface area contributed by atoms with Crippen LogP contribution >= 0.6 is 11.6 Å². The van der Waals surface area contributed by atoms with Crippen LogP contribution in [0.4, 0.5) is 5.82 Å². The summed E-state index contributed by atoms with van der Waals surface area (Å²) < 4.78 is 0. The van der Waals surface area contributed by atoms with Crippen molar-refractivity contribution >= 4 is 17.4 Å². The molecule has 0 amide bonds. The van der Waals surface area contributed by atoms with Gasteiger partial charge in [0.05, 0.1) is 11.6 Å². The molecule has 0 saturated carbocycles. The van der Waals surface area contributed by atoms with E-state index in [0.29, 0.717) is 29.5 Å². The highest BCUT2D eigenvalue weighted by molar-refractivity contribution is 6.29. The van der Waals surface area contributed by atoms with Crippen molar-refractivity contribution in [2.24, 2.45) is 0 Å². The summed E-state index contributed by atoms with van der Waals surface area (Å²) in [5, 5.41) is 17.9. The number of pyridine rings is 1. The van der Waals surface area contributed by atoms with Crippen molar-refractivity contribution in [3.8, 4) is 6.07 Å². The maximum Gasteiger partial charge on any atom is 0.132 e. The molecule has 4 nitrogen and oxygen atoms in total. The smallest absolute Gasteiger partial charge is 0.132 e. The summed E-state index contributed by atoms with van der Waals surface area (Å²) in [6, 6.07) is 5.28. The minimum Gasteiger partial charge on any atom is -0.396 e. The Morgan fingerprint density at radius 1 is 1.56 bits per heavy atom. The highest BCUT2D eigenvalue weighted by Gasteiger charge is 2.08. The van der Waals surface area contributed by atoms with Crippen LogP contribution in [0.3, 0.4) is 0 Å². The molecule has 0 aliphatic carbocycles. The summed E-state index contributed by atoms with van der Waals surface area (Å²) in [6.45, 7) is 3.59. The molecule has 1 rings (SSSR count). The Kier molecular flexibility index (Phi) is 5.03. The van der Waals surface area contributed by atoms with E-state index >= 15 is 0 Å². The van der Waals surface area contributed by atoms with Crippen molar-refractivity contribution in [1.82, 2.24) is 4.98 Å². The van der Waals surface area contributed by atoms with Gasteiger partial charge in [0.15, 0.2) is 0 Å². The molecule has 0 aromatic carbocycles. The Morgan fingerprint density at radius 3 is 2.88 bits per heavy atom. The van der Waals surface area contributed by atoms with Gasteiger partial charge >= 0.3 is 0 Å². The summed E-state index contributed by atoms with van der Waals surface area (Å²) in [5.74, 6) is 0.681. The van der Waals surface area contributed by atoms with Crippen LogP contribution in [0.2, 0.25) is 5.15 Å². The van der Waals surface area contributed by atoms with Crippen LogP contribution in [0.1, 0.15) is 18.9 Å². The number of halogens is 1. The van der Waals surface area contributed by atoms with E-state index in [0.717, 1.165) is 6.54 Å². The average Bonchev–Trinajstić information content (AvgIpc) is 2.29. The van der Waals surface area contributed by atoms with E-state index in [9.17, 15) is 0 Å². The first-order valence-electron chi connectivity index (χ1n) is 5.14. The monoisotopic (exact) mass is 239 g/mol. The number of aromatic nitrogens is 1. The lowest BCUT2D eigenvalue weighted by Gasteiger charge is -2.21. The van der Waals surface area contributed by atoms with Crippen molar-refractivity contribution in [1.29, 1.82) is 5.26 Å². The van der Waals surface area contributed by atoms with E-state index in [4.69, 9.17) is 22.0 Å². The van der Waals surface area contributed by atoms with Gasteiger partial charge in [0.25, 0.3) is 0 Å². The van der Waals surface area contributed by atoms with Gasteiger partial charge in [-0.25, -0.2) is 4.98 Å². The number of nitriles is 1. The molecule has 0 unspecified atom stereocenters. The first-order valence-corrected chi connectivity index (χ1v) is 5.52. The zero-order valence-electron chi connectivity index (χ0n) is 9.15. The standard InChI is InChI=1S/C11H14ClN3O/c1-2-15(4-3-5-16)11-7-9(8-13)6-10(12)14-11/h6-7,16H,2-5H2,1H3. The zero-order chi connectivity index (χ0) is 12.0. The van der Waals surface area contributed by atoms with Gasteiger partial charge in [0.2, 0.25) is 0 Å². The van der Waals surface area contributed by atoms with Gasteiger partial charge in [-0.15, -0.1) is 0 Å². The van der Waals surface area contributed by atoms with E-state index in [-0.39, 0.29) is 6.61 Å². The third kappa shape index (κ3) is 3.37. The molecule has 0 radical (unpaired) electrons. The topological polar surface area (TPSA) is 60.1 Å². The predicted molar refractivity (Wildman–Crippen MR) is 63.6 cm³/mol. The fraction of sp³-hybridized carbons (Fsp3) is 0.455. The molecule has 0 aliphatic heterocycles. The molecule has 16 heavy (non-hydrogen) atoms. The van der Waals surface area contributed by atoms with Gasteiger partial charge in [-0.3, -0.25) is 0 Å². The summed E-state index contributed by atoms with van der Waals surface area (Å²) >= 11 is 5.83. The van der Waals surface area contributed by atoms with Crippen LogP contribution in [0.25, 0.3) is 0 Å². The Balaban J connectivity index is 2.91. The van der Waals surface area contributed by atoms with Gasteiger partial charge < -0.3 is 10.0 Å².